The van der Waals surface area contributed by atoms with Crippen molar-refractivity contribution in [3.63, 3.8) is 0 Å². The Kier molecular flexibility index (Phi) is 3.35. The number of rotatable bonds is 4. The van der Waals surface area contributed by atoms with E-state index in [1.165, 1.54) is 56.1 Å². The highest BCUT2D eigenvalue weighted by atomic mass is 15.2. The van der Waals surface area contributed by atoms with E-state index in [1.54, 1.807) is 0 Å². The quantitative estimate of drug-likeness (QED) is 0.645. The third kappa shape index (κ3) is 2.53. The molecule has 4 saturated carbocycles. The summed E-state index contributed by atoms with van der Waals surface area (Å²) in [5.41, 5.74) is 6.40. The fraction of sp³-hybridized carbons (Fsp3) is 0.684. The fourth-order valence-corrected chi connectivity index (χ4v) is 6.13. The molecule has 4 aliphatic rings. The first kappa shape index (κ1) is 13.8. The van der Waals surface area contributed by atoms with E-state index >= 15 is 0 Å². The summed E-state index contributed by atoms with van der Waals surface area (Å²) in [6.45, 7) is 2.17. The number of nitrogens with one attached hydrogen (secondary N) is 1. The third-order valence-electron chi connectivity index (χ3n) is 6.45. The molecule has 5 rings (SSSR count). The Morgan fingerprint density at radius 1 is 1.14 bits per heavy atom. The number of aryl methyl sites for hydroxylation is 1. The van der Waals surface area contributed by atoms with E-state index < -0.39 is 0 Å². The van der Waals surface area contributed by atoms with Crippen LogP contribution in [-0.2, 0) is 0 Å². The van der Waals surface area contributed by atoms with Crippen molar-refractivity contribution in [1.82, 2.24) is 5.43 Å². The molecule has 0 saturated heterocycles. The van der Waals surface area contributed by atoms with Crippen molar-refractivity contribution in [3.8, 4) is 0 Å². The van der Waals surface area contributed by atoms with Gasteiger partial charge in [0.2, 0.25) is 0 Å². The molecule has 0 aromatic heterocycles. The predicted molar refractivity (Wildman–Crippen MR) is 86.5 cm³/mol. The maximum Gasteiger partial charge on any atom is 0.0465 e. The number of hydrazine groups is 1. The number of hydrogen-bond donors (Lipinski definition) is 2. The van der Waals surface area contributed by atoms with E-state index in [4.69, 9.17) is 5.84 Å². The van der Waals surface area contributed by atoms with Crippen molar-refractivity contribution in [1.29, 1.82) is 0 Å². The topological polar surface area (TPSA) is 38.0 Å². The van der Waals surface area contributed by atoms with Crippen molar-refractivity contribution in [2.45, 2.75) is 57.9 Å². The Morgan fingerprint density at radius 3 is 2.29 bits per heavy atom. The lowest BCUT2D eigenvalue weighted by Crippen LogP contribution is -2.48. The standard InChI is InChI=1S/C19H28N2/c1-13-3-2-4-17(5-13)18(21-20)12-19-9-14-6-15(10-19)8-16(7-14)11-19/h2-5,14-16,18,21H,6-12,20H2,1H3. The number of benzene rings is 1. The van der Waals surface area contributed by atoms with E-state index in [0.717, 1.165) is 17.8 Å². The maximum absolute atomic E-state index is 5.93. The lowest BCUT2D eigenvalue weighted by Gasteiger charge is -2.57. The summed E-state index contributed by atoms with van der Waals surface area (Å²) in [6.07, 6.45) is 10.2. The van der Waals surface area contributed by atoms with E-state index in [0.29, 0.717) is 11.5 Å². The van der Waals surface area contributed by atoms with Gasteiger partial charge >= 0.3 is 0 Å². The van der Waals surface area contributed by atoms with Gasteiger partial charge in [-0.3, -0.25) is 11.3 Å². The molecule has 114 valence electrons. The number of hydrogen-bond acceptors (Lipinski definition) is 2. The fourth-order valence-electron chi connectivity index (χ4n) is 6.13. The highest BCUT2D eigenvalue weighted by Crippen LogP contribution is 2.62. The van der Waals surface area contributed by atoms with Crippen molar-refractivity contribution in [2.75, 3.05) is 0 Å². The molecule has 3 N–H and O–H groups in total. The average molecular weight is 284 g/mol. The Bertz CT molecular complexity index is 487. The van der Waals surface area contributed by atoms with Gasteiger partial charge in [0.25, 0.3) is 0 Å². The van der Waals surface area contributed by atoms with Gasteiger partial charge < -0.3 is 0 Å². The van der Waals surface area contributed by atoms with Crippen LogP contribution in [0.4, 0.5) is 0 Å². The molecule has 2 nitrogen and oxygen atoms in total. The van der Waals surface area contributed by atoms with E-state index in [9.17, 15) is 0 Å². The highest BCUT2D eigenvalue weighted by molar-refractivity contribution is 5.25. The zero-order valence-electron chi connectivity index (χ0n) is 13.1. The summed E-state index contributed by atoms with van der Waals surface area (Å²) in [6, 6.07) is 9.18. The molecule has 1 atom stereocenters. The van der Waals surface area contributed by atoms with Crippen LogP contribution >= 0.6 is 0 Å². The van der Waals surface area contributed by atoms with Gasteiger partial charge in [-0.25, -0.2) is 0 Å². The van der Waals surface area contributed by atoms with Gasteiger partial charge in [-0.2, -0.15) is 0 Å². The molecule has 0 spiro atoms. The van der Waals surface area contributed by atoms with Crippen LogP contribution in [-0.4, -0.2) is 0 Å². The van der Waals surface area contributed by atoms with Crippen molar-refractivity contribution in [3.05, 3.63) is 35.4 Å². The Morgan fingerprint density at radius 2 is 1.76 bits per heavy atom. The minimum absolute atomic E-state index is 0.321. The van der Waals surface area contributed by atoms with E-state index in [2.05, 4.69) is 36.6 Å². The van der Waals surface area contributed by atoms with Gasteiger partial charge in [0.1, 0.15) is 0 Å². The van der Waals surface area contributed by atoms with E-state index in [1.807, 2.05) is 0 Å². The average Bonchev–Trinajstić information content (AvgIpc) is 2.43. The second-order valence-corrected chi connectivity index (χ2v) is 8.26. The summed E-state index contributed by atoms with van der Waals surface area (Å²) >= 11 is 0. The monoisotopic (exact) mass is 284 g/mol. The normalized spacial score (nSPS) is 38.7. The second kappa shape index (κ2) is 5.10. The van der Waals surface area contributed by atoms with Gasteiger partial charge in [0.05, 0.1) is 0 Å². The van der Waals surface area contributed by atoms with Gasteiger partial charge in [-0.1, -0.05) is 29.8 Å². The molecule has 0 heterocycles. The molecule has 0 radical (unpaired) electrons. The molecule has 4 aliphatic carbocycles. The zero-order chi connectivity index (χ0) is 14.4. The summed E-state index contributed by atoms with van der Waals surface area (Å²) < 4.78 is 0. The Balaban J connectivity index is 1.56. The van der Waals surface area contributed by atoms with Crippen LogP contribution in [0.15, 0.2) is 24.3 Å². The van der Waals surface area contributed by atoms with Gasteiger partial charge in [-0.05, 0) is 80.6 Å². The molecule has 4 bridgehead atoms. The van der Waals surface area contributed by atoms with Gasteiger partial charge in [0, 0.05) is 6.04 Å². The lowest BCUT2D eigenvalue weighted by molar-refractivity contribution is -0.0623. The largest absolute Gasteiger partial charge is 0.271 e. The summed E-state index contributed by atoms with van der Waals surface area (Å²) in [4.78, 5) is 0. The van der Waals surface area contributed by atoms with Crippen LogP contribution in [0.1, 0.15) is 62.1 Å². The first-order valence-electron chi connectivity index (χ1n) is 8.68. The highest BCUT2D eigenvalue weighted by Gasteiger charge is 2.51. The van der Waals surface area contributed by atoms with Crippen LogP contribution in [0.3, 0.4) is 0 Å². The minimum atomic E-state index is 0.321. The summed E-state index contributed by atoms with van der Waals surface area (Å²) in [7, 11) is 0. The van der Waals surface area contributed by atoms with Crippen LogP contribution in [0.2, 0.25) is 0 Å². The van der Waals surface area contributed by atoms with E-state index in [-0.39, 0.29) is 0 Å². The molecule has 0 aliphatic heterocycles. The van der Waals surface area contributed by atoms with Crippen molar-refractivity contribution < 1.29 is 0 Å². The molecule has 1 aromatic rings. The molecular weight excluding hydrogens is 256 g/mol. The van der Waals surface area contributed by atoms with Gasteiger partial charge in [-0.15, -0.1) is 0 Å². The predicted octanol–water partition coefficient (Wildman–Crippen LogP) is 4.11. The smallest absolute Gasteiger partial charge is 0.0465 e. The van der Waals surface area contributed by atoms with Crippen LogP contribution in [0.5, 0.6) is 0 Å². The third-order valence-corrected chi connectivity index (χ3v) is 6.45. The summed E-state index contributed by atoms with van der Waals surface area (Å²) in [5.74, 6) is 9.00. The second-order valence-electron chi connectivity index (χ2n) is 8.26. The molecule has 2 heteroatoms. The van der Waals surface area contributed by atoms with Crippen LogP contribution in [0.25, 0.3) is 0 Å². The van der Waals surface area contributed by atoms with Crippen molar-refractivity contribution in [2.24, 2.45) is 29.0 Å². The molecule has 1 aromatic carbocycles. The molecule has 1 unspecified atom stereocenters. The first-order chi connectivity index (χ1) is 10.2. The molecular formula is C19H28N2. The number of nitrogens with two attached hydrogens (primary N) is 1. The summed E-state index contributed by atoms with van der Waals surface area (Å²) in [5, 5.41) is 0. The van der Waals surface area contributed by atoms with Crippen LogP contribution < -0.4 is 11.3 Å². The SMILES string of the molecule is Cc1cccc(C(CC23CC4CC(CC(C4)C2)C3)NN)c1. The Labute approximate surface area is 128 Å². The zero-order valence-corrected chi connectivity index (χ0v) is 13.1. The maximum atomic E-state index is 5.93. The molecule has 0 amide bonds. The van der Waals surface area contributed by atoms with Crippen LogP contribution in [0, 0.1) is 30.1 Å². The molecule has 21 heavy (non-hydrogen) atoms. The minimum Gasteiger partial charge on any atom is -0.271 e. The van der Waals surface area contributed by atoms with Crippen molar-refractivity contribution >= 4 is 0 Å². The molecule has 4 fully saturated rings. The van der Waals surface area contributed by atoms with Gasteiger partial charge in [0.15, 0.2) is 0 Å². The Hall–Kier alpha value is -0.860. The lowest BCUT2D eigenvalue weighted by atomic mass is 9.48. The first-order valence-corrected chi connectivity index (χ1v) is 8.68.